The monoisotopic (exact) mass is 289 g/mol. The highest BCUT2D eigenvalue weighted by Gasteiger charge is 2.52. The molecular weight excluding hydrogens is 273 g/mol. The van der Waals surface area contributed by atoms with E-state index in [1.54, 1.807) is 12.4 Å². The molecule has 1 saturated heterocycles. The van der Waals surface area contributed by atoms with Gasteiger partial charge in [0.15, 0.2) is 0 Å². The van der Waals surface area contributed by atoms with Crippen LogP contribution < -0.4 is 5.59 Å². The summed E-state index contributed by atoms with van der Waals surface area (Å²) in [6.45, 7) is 8.13. The molecule has 7 heteroatoms. The van der Waals surface area contributed by atoms with Gasteiger partial charge in [-0.15, -0.1) is 11.3 Å². The number of thiazole rings is 1. The Bertz CT molecular complexity index is 599. The van der Waals surface area contributed by atoms with E-state index in [2.05, 4.69) is 15.0 Å². The van der Waals surface area contributed by atoms with Crippen molar-refractivity contribution in [1.82, 2.24) is 15.0 Å². The summed E-state index contributed by atoms with van der Waals surface area (Å²) in [6.07, 6.45) is 5.01. The maximum Gasteiger partial charge on any atom is 0.515 e. The van der Waals surface area contributed by atoms with E-state index in [0.29, 0.717) is 0 Å². The van der Waals surface area contributed by atoms with Crippen LogP contribution in [0, 0.1) is 0 Å². The van der Waals surface area contributed by atoms with Crippen LogP contribution >= 0.6 is 11.3 Å². The molecule has 104 valence electrons. The first-order valence-corrected chi connectivity index (χ1v) is 7.33. The van der Waals surface area contributed by atoms with Gasteiger partial charge in [0.25, 0.3) is 0 Å². The fraction of sp³-hybridized carbons (Fsp3) is 0.462. The number of aromatic nitrogens is 3. The fourth-order valence-corrected chi connectivity index (χ4v) is 2.70. The maximum atomic E-state index is 5.99. The molecule has 1 fully saturated rings. The first kappa shape index (κ1) is 13.7. The minimum Gasteiger partial charge on any atom is -0.398 e. The fourth-order valence-electron chi connectivity index (χ4n) is 1.90. The molecule has 0 unspecified atom stereocenters. The number of hydrogen-bond acceptors (Lipinski definition) is 6. The number of hydrogen-bond donors (Lipinski definition) is 0. The Labute approximate surface area is 122 Å². The van der Waals surface area contributed by atoms with Crippen molar-refractivity contribution >= 4 is 24.0 Å². The second kappa shape index (κ2) is 4.61. The third-order valence-corrected chi connectivity index (χ3v) is 4.73. The summed E-state index contributed by atoms with van der Waals surface area (Å²) in [5.74, 6) is 0. The largest absolute Gasteiger partial charge is 0.515 e. The Morgan fingerprint density at radius 1 is 1.05 bits per heavy atom. The summed E-state index contributed by atoms with van der Waals surface area (Å²) in [5, 5.41) is 2.83. The molecule has 1 aliphatic rings. The summed E-state index contributed by atoms with van der Waals surface area (Å²) in [7, 11) is -0.422. The van der Waals surface area contributed by atoms with Gasteiger partial charge in [-0.05, 0) is 27.7 Å². The van der Waals surface area contributed by atoms with E-state index in [0.717, 1.165) is 16.2 Å². The molecule has 0 aromatic carbocycles. The van der Waals surface area contributed by atoms with Crippen LogP contribution in [0.25, 0.3) is 10.6 Å². The van der Waals surface area contributed by atoms with Crippen LogP contribution in [0.1, 0.15) is 27.7 Å². The van der Waals surface area contributed by atoms with E-state index in [4.69, 9.17) is 9.31 Å². The van der Waals surface area contributed by atoms with Gasteiger partial charge in [0.2, 0.25) is 0 Å². The lowest BCUT2D eigenvalue weighted by molar-refractivity contribution is 0.00578. The van der Waals surface area contributed by atoms with Crippen LogP contribution in [0.15, 0.2) is 24.1 Å². The summed E-state index contributed by atoms with van der Waals surface area (Å²) in [4.78, 5) is 12.6. The van der Waals surface area contributed by atoms with Gasteiger partial charge in [-0.2, -0.15) is 0 Å². The molecule has 0 saturated carbocycles. The quantitative estimate of drug-likeness (QED) is 0.790. The van der Waals surface area contributed by atoms with Gasteiger partial charge in [-0.25, -0.2) is 15.0 Å². The molecule has 2 aromatic rings. The minimum atomic E-state index is -0.422. The average Bonchev–Trinajstić information content (AvgIpc) is 2.94. The normalized spacial score (nSPS) is 20.3. The van der Waals surface area contributed by atoms with Crippen LogP contribution in [0.2, 0.25) is 0 Å². The highest BCUT2D eigenvalue weighted by atomic mass is 32.1. The van der Waals surface area contributed by atoms with Gasteiger partial charge in [-0.3, -0.25) is 0 Å². The lowest BCUT2D eigenvalue weighted by Crippen LogP contribution is -2.41. The molecule has 0 bridgehead atoms. The van der Waals surface area contributed by atoms with E-state index in [1.807, 2.05) is 33.1 Å². The van der Waals surface area contributed by atoms with Crippen molar-refractivity contribution in [2.45, 2.75) is 38.9 Å². The summed E-state index contributed by atoms with van der Waals surface area (Å²) < 4.78 is 12.0. The highest BCUT2D eigenvalue weighted by molar-refractivity contribution is 7.14. The van der Waals surface area contributed by atoms with Gasteiger partial charge in [0, 0.05) is 23.3 Å². The van der Waals surface area contributed by atoms with E-state index in [9.17, 15) is 0 Å². The predicted molar refractivity (Wildman–Crippen MR) is 78.9 cm³/mol. The second-order valence-electron chi connectivity index (χ2n) is 5.79. The summed E-state index contributed by atoms with van der Waals surface area (Å²) >= 11 is 1.54. The predicted octanol–water partition coefficient (Wildman–Crippen LogP) is 1.90. The molecule has 3 heterocycles. The maximum absolute atomic E-state index is 5.99. The van der Waals surface area contributed by atoms with Crippen LogP contribution in [0.5, 0.6) is 0 Å². The van der Waals surface area contributed by atoms with Crippen molar-refractivity contribution in [3.8, 4) is 10.6 Å². The van der Waals surface area contributed by atoms with Gasteiger partial charge >= 0.3 is 7.12 Å². The molecule has 2 aromatic heterocycles. The van der Waals surface area contributed by atoms with Crippen molar-refractivity contribution in [2.75, 3.05) is 0 Å². The molecule has 0 radical (unpaired) electrons. The summed E-state index contributed by atoms with van der Waals surface area (Å²) in [6, 6.07) is 0. The van der Waals surface area contributed by atoms with Crippen LogP contribution in [0.4, 0.5) is 0 Å². The highest BCUT2D eigenvalue weighted by Crippen LogP contribution is 2.36. The topological polar surface area (TPSA) is 57.1 Å². The molecular formula is C13H16BN3O2S. The van der Waals surface area contributed by atoms with Crippen LogP contribution in [-0.2, 0) is 9.31 Å². The first-order valence-electron chi connectivity index (χ1n) is 6.45. The van der Waals surface area contributed by atoms with Crippen molar-refractivity contribution < 1.29 is 9.31 Å². The molecule has 0 aliphatic carbocycles. The van der Waals surface area contributed by atoms with Gasteiger partial charge in [0.1, 0.15) is 11.3 Å². The number of nitrogens with zero attached hydrogens (tertiary/aromatic N) is 3. The Morgan fingerprint density at radius 3 is 2.25 bits per heavy atom. The Hall–Kier alpha value is -1.31. The lowest BCUT2D eigenvalue weighted by atomic mass is 9.86. The standard InChI is InChI=1S/C13H16BN3O2S/c1-12(2)13(3,4)19-14(18-12)10-7-20-11(17-10)9-5-15-8-16-6-9/h5-8H,1-4H3. The molecule has 5 nitrogen and oxygen atoms in total. The SMILES string of the molecule is CC1(C)OB(c2csc(-c3cncnc3)n2)OC1(C)C. The molecule has 0 spiro atoms. The van der Waals surface area contributed by atoms with Crippen LogP contribution in [-0.4, -0.2) is 33.3 Å². The van der Waals surface area contributed by atoms with E-state index >= 15 is 0 Å². The molecule has 3 rings (SSSR count). The van der Waals surface area contributed by atoms with E-state index in [-0.39, 0.29) is 11.2 Å². The molecule has 1 aliphatic heterocycles. The second-order valence-corrected chi connectivity index (χ2v) is 6.65. The summed E-state index contributed by atoms with van der Waals surface area (Å²) in [5.41, 5.74) is 1.00. The Morgan fingerprint density at radius 2 is 1.65 bits per heavy atom. The van der Waals surface area contributed by atoms with Crippen molar-refractivity contribution in [3.05, 3.63) is 24.1 Å². The van der Waals surface area contributed by atoms with Crippen molar-refractivity contribution in [2.24, 2.45) is 0 Å². The molecule has 0 N–H and O–H groups in total. The number of rotatable bonds is 2. The molecule has 0 amide bonds. The van der Waals surface area contributed by atoms with Crippen molar-refractivity contribution in [1.29, 1.82) is 0 Å². The average molecular weight is 289 g/mol. The van der Waals surface area contributed by atoms with Gasteiger partial charge < -0.3 is 9.31 Å². The lowest BCUT2D eigenvalue weighted by Gasteiger charge is -2.32. The first-order chi connectivity index (χ1) is 9.39. The van der Waals surface area contributed by atoms with E-state index < -0.39 is 7.12 Å². The molecule has 20 heavy (non-hydrogen) atoms. The van der Waals surface area contributed by atoms with Crippen LogP contribution in [0.3, 0.4) is 0 Å². The smallest absolute Gasteiger partial charge is 0.398 e. The third-order valence-electron chi connectivity index (χ3n) is 3.82. The zero-order valence-corrected chi connectivity index (χ0v) is 12.8. The van der Waals surface area contributed by atoms with E-state index in [1.165, 1.54) is 17.7 Å². The minimum absolute atomic E-state index is 0.350. The Balaban J connectivity index is 1.86. The Kier molecular flexibility index (Phi) is 3.15. The zero-order chi connectivity index (χ0) is 14.4. The molecule has 0 atom stereocenters. The van der Waals surface area contributed by atoms with Gasteiger partial charge in [0.05, 0.1) is 16.8 Å². The van der Waals surface area contributed by atoms with Gasteiger partial charge in [-0.1, -0.05) is 0 Å². The third kappa shape index (κ3) is 2.26. The zero-order valence-electron chi connectivity index (χ0n) is 12.0. The van der Waals surface area contributed by atoms with Crippen molar-refractivity contribution in [3.63, 3.8) is 0 Å².